The highest BCUT2D eigenvalue weighted by Crippen LogP contribution is 2.21. The number of halogens is 2. The number of rotatable bonds is 4. The first-order chi connectivity index (χ1) is 9.47. The van der Waals surface area contributed by atoms with Crippen LogP contribution in [0.15, 0.2) is 42.5 Å². The van der Waals surface area contributed by atoms with Crippen molar-refractivity contribution in [2.45, 2.75) is 32.9 Å². The molecule has 0 fully saturated rings. The number of aryl methyl sites for hydroxylation is 1. The summed E-state index contributed by atoms with van der Waals surface area (Å²) < 4.78 is 26.8. The molecule has 0 spiro atoms. The van der Waals surface area contributed by atoms with Gasteiger partial charge in [-0.25, -0.2) is 8.78 Å². The Labute approximate surface area is 118 Å². The van der Waals surface area contributed by atoms with E-state index in [0.29, 0.717) is 5.56 Å². The lowest BCUT2D eigenvalue weighted by Gasteiger charge is -2.21. The van der Waals surface area contributed by atoms with Gasteiger partial charge >= 0.3 is 0 Å². The molecule has 20 heavy (non-hydrogen) atoms. The van der Waals surface area contributed by atoms with Crippen LogP contribution in [0.5, 0.6) is 0 Å². The average molecular weight is 275 g/mol. The van der Waals surface area contributed by atoms with E-state index in [1.54, 1.807) is 25.1 Å². The summed E-state index contributed by atoms with van der Waals surface area (Å²) in [6.45, 7) is 5.68. The van der Waals surface area contributed by atoms with E-state index in [1.807, 2.05) is 26.0 Å². The van der Waals surface area contributed by atoms with Gasteiger partial charge in [-0.15, -0.1) is 0 Å². The molecule has 2 rings (SSSR count). The molecule has 2 aromatic carbocycles. The van der Waals surface area contributed by atoms with E-state index in [2.05, 4.69) is 5.32 Å². The molecule has 2 aromatic rings. The Balaban J connectivity index is 2.10. The van der Waals surface area contributed by atoms with E-state index in [9.17, 15) is 8.78 Å². The van der Waals surface area contributed by atoms with E-state index >= 15 is 0 Å². The van der Waals surface area contributed by atoms with Crippen molar-refractivity contribution < 1.29 is 8.78 Å². The highest BCUT2D eigenvalue weighted by Gasteiger charge is 2.12. The fourth-order valence-corrected chi connectivity index (χ4v) is 2.22. The van der Waals surface area contributed by atoms with Crippen molar-refractivity contribution in [3.63, 3.8) is 0 Å². The first kappa shape index (κ1) is 14.7. The van der Waals surface area contributed by atoms with Crippen molar-refractivity contribution in [1.29, 1.82) is 0 Å². The van der Waals surface area contributed by atoms with Gasteiger partial charge in [-0.05, 0) is 55.7 Å². The lowest BCUT2D eigenvalue weighted by Crippen LogP contribution is -2.22. The molecule has 0 aliphatic heterocycles. The first-order valence-electron chi connectivity index (χ1n) is 6.75. The van der Waals surface area contributed by atoms with Gasteiger partial charge in [0.2, 0.25) is 0 Å². The molecule has 0 aliphatic rings. The van der Waals surface area contributed by atoms with Gasteiger partial charge in [0.15, 0.2) is 0 Å². The van der Waals surface area contributed by atoms with Gasteiger partial charge in [-0.2, -0.15) is 0 Å². The topological polar surface area (TPSA) is 12.0 Å². The third-order valence-corrected chi connectivity index (χ3v) is 3.54. The Kier molecular flexibility index (Phi) is 4.50. The number of hydrogen-bond acceptors (Lipinski definition) is 1. The molecule has 0 aliphatic carbocycles. The third kappa shape index (κ3) is 3.42. The second-order valence-electron chi connectivity index (χ2n) is 5.17. The van der Waals surface area contributed by atoms with Gasteiger partial charge in [0.1, 0.15) is 11.6 Å². The first-order valence-corrected chi connectivity index (χ1v) is 6.75. The lowest BCUT2D eigenvalue weighted by atomic mass is 10.0. The summed E-state index contributed by atoms with van der Waals surface area (Å²) in [4.78, 5) is 0. The van der Waals surface area contributed by atoms with E-state index in [1.165, 1.54) is 12.1 Å². The molecular weight excluding hydrogens is 256 g/mol. The van der Waals surface area contributed by atoms with Crippen LogP contribution in [0, 0.1) is 18.6 Å². The van der Waals surface area contributed by atoms with Gasteiger partial charge in [0.25, 0.3) is 0 Å². The number of nitrogens with one attached hydrogen (secondary N) is 1. The normalized spacial score (nSPS) is 14.1. The molecule has 0 heterocycles. The van der Waals surface area contributed by atoms with E-state index in [0.717, 1.165) is 11.1 Å². The zero-order valence-electron chi connectivity index (χ0n) is 12.0. The van der Waals surface area contributed by atoms with Gasteiger partial charge in [-0.3, -0.25) is 0 Å². The highest BCUT2D eigenvalue weighted by molar-refractivity contribution is 5.26. The molecule has 0 amide bonds. The summed E-state index contributed by atoms with van der Waals surface area (Å²) in [6.07, 6.45) is 0. The van der Waals surface area contributed by atoms with Crippen molar-refractivity contribution in [1.82, 2.24) is 5.32 Å². The van der Waals surface area contributed by atoms with Crippen molar-refractivity contribution in [3.8, 4) is 0 Å². The monoisotopic (exact) mass is 275 g/mol. The summed E-state index contributed by atoms with van der Waals surface area (Å²) >= 11 is 0. The van der Waals surface area contributed by atoms with Gasteiger partial charge in [0.05, 0.1) is 0 Å². The van der Waals surface area contributed by atoms with Crippen LogP contribution in [0.4, 0.5) is 8.78 Å². The van der Waals surface area contributed by atoms with Crippen LogP contribution < -0.4 is 5.32 Å². The van der Waals surface area contributed by atoms with Crippen LogP contribution in [0.2, 0.25) is 0 Å². The molecular formula is C17H19F2N. The lowest BCUT2D eigenvalue weighted by molar-refractivity contribution is 0.489. The number of hydrogen-bond donors (Lipinski definition) is 1. The fraction of sp³-hybridized carbons (Fsp3) is 0.294. The predicted molar refractivity (Wildman–Crippen MR) is 77.5 cm³/mol. The zero-order valence-corrected chi connectivity index (χ0v) is 12.0. The largest absolute Gasteiger partial charge is 0.304 e. The summed E-state index contributed by atoms with van der Waals surface area (Å²) in [6, 6.07) is 11.7. The van der Waals surface area contributed by atoms with Crippen LogP contribution in [-0.2, 0) is 0 Å². The zero-order chi connectivity index (χ0) is 14.7. The summed E-state index contributed by atoms with van der Waals surface area (Å²) in [5.74, 6) is -0.445. The molecule has 1 nitrogen and oxygen atoms in total. The van der Waals surface area contributed by atoms with Crippen molar-refractivity contribution >= 4 is 0 Å². The molecule has 106 valence electrons. The summed E-state index contributed by atoms with van der Waals surface area (Å²) in [5, 5.41) is 3.35. The van der Waals surface area contributed by atoms with E-state index in [4.69, 9.17) is 0 Å². The van der Waals surface area contributed by atoms with Crippen molar-refractivity contribution in [2.24, 2.45) is 0 Å². The van der Waals surface area contributed by atoms with Gasteiger partial charge < -0.3 is 5.32 Å². The Hall–Kier alpha value is -1.74. The maximum Gasteiger partial charge on any atom is 0.126 e. The average Bonchev–Trinajstić information content (AvgIpc) is 2.41. The molecule has 0 radical (unpaired) electrons. The minimum atomic E-state index is -0.245. The van der Waals surface area contributed by atoms with E-state index < -0.39 is 0 Å². The Morgan fingerprint density at radius 3 is 2.15 bits per heavy atom. The molecule has 1 N–H and O–H groups in total. The van der Waals surface area contributed by atoms with Crippen LogP contribution in [0.3, 0.4) is 0 Å². The SMILES string of the molecule is Cc1ccc(C(C)N[C@H](C)c2cccc(F)c2)cc1F. The highest BCUT2D eigenvalue weighted by atomic mass is 19.1. The number of benzene rings is 2. The maximum atomic E-state index is 13.6. The summed E-state index contributed by atoms with van der Waals surface area (Å²) in [7, 11) is 0. The second-order valence-corrected chi connectivity index (χ2v) is 5.17. The molecule has 0 bridgehead atoms. The van der Waals surface area contributed by atoms with Crippen LogP contribution in [-0.4, -0.2) is 0 Å². The van der Waals surface area contributed by atoms with Crippen molar-refractivity contribution in [2.75, 3.05) is 0 Å². The molecule has 3 heteroatoms. The standard InChI is InChI=1S/C17H19F2N/c1-11-7-8-15(10-17(11)19)13(3)20-12(2)14-5-4-6-16(18)9-14/h4-10,12-13,20H,1-3H3/t12-,13?/m1/s1. The smallest absolute Gasteiger partial charge is 0.126 e. The minimum Gasteiger partial charge on any atom is -0.304 e. The quantitative estimate of drug-likeness (QED) is 0.854. The molecule has 1 unspecified atom stereocenters. The molecule has 0 aromatic heterocycles. The molecule has 2 atom stereocenters. The summed E-state index contributed by atoms with van der Waals surface area (Å²) in [5.41, 5.74) is 2.40. The van der Waals surface area contributed by atoms with Crippen LogP contribution >= 0.6 is 0 Å². The molecule has 0 saturated carbocycles. The predicted octanol–water partition coefficient (Wildman–Crippen LogP) is 4.69. The van der Waals surface area contributed by atoms with Gasteiger partial charge in [0, 0.05) is 12.1 Å². The second kappa shape index (κ2) is 6.14. The van der Waals surface area contributed by atoms with Crippen molar-refractivity contribution in [3.05, 3.63) is 70.8 Å². The Morgan fingerprint density at radius 2 is 1.55 bits per heavy atom. The van der Waals surface area contributed by atoms with Gasteiger partial charge in [-0.1, -0.05) is 24.3 Å². The van der Waals surface area contributed by atoms with Crippen LogP contribution in [0.1, 0.15) is 42.6 Å². The third-order valence-electron chi connectivity index (χ3n) is 3.54. The van der Waals surface area contributed by atoms with Crippen LogP contribution in [0.25, 0.3) is 0 Å². The molecule has 0 saturated heterocycles. The van der Waals surface area contributed by atoms with E-state index in [-0.39, 0.29) is 23.7 Å². The minimum absolute atomic E-state index is 0.00920. The maximum absolute atomic E-state index is 13.6. The Bertz CT molecular complexity index is 595. The fourth-order valence-electron chi connectivity index (χ4n) is 2.22. The Morgan fingerprint density at radius 1 is 0.900 bits per heavy atom.